The number of benzene rings is 2. The molecule has 0 spiro atoms. The number of thiophene rings is 1. The SMILES string of the molecule is Cc1ccc(NC(=O)COc2ccc(Br)cc2/C=C2\S/C(=N\N=C\c3cccs3)N(Cc3ccco3)C2=O)cc1. The molecule has 1 aliphatic heterocycles. The van der Waals surface area contributed by atoms with Crippen LogP contribution in [0.2, 0.25) is 0 Å². The predicted octanol–water partition coefficient (Wildman–Crippen LogP) is 6.94. The van der Waals surface area contributed by atoms with Crippen molar-refractivity contribution in [3.8, 4) is 5.75 Å². The van der Waals surface area contributed by atoms with Gasteiger partial charge in [-0.1, -0.05) is 39.7 Å². The summed E-state index contributed by atoms with van der Waals surface area (Å²) < 4.78 is 12.1. The topological polar surface area (TPSA) is 96.5 Å². The van der Waals surface area contributed by atoms with E-state index in [4.69, 9.17) is 9.15 Å². The average molecular weight is 636 g/mol. The smallest absolute Gasteiger partial charge is 0.267 e. The zero-order chi connectivity index (χ0) is 27.9. The van der Waals surface area contributed by atoms with Gasteiger partial charge in [-0.05, 0) is 78.7 Å². The maximum absolute atomic E-state index is 13.5. The fraction of sp³-hybridized carbons (Fsp3) is 0.103. The molecule has 1 fully saturated rings. The van der Waals surface area contributed by atoms with E-state index in [2.05, 4.69) is 31.4 Å². The van der Waals surface area contributed by atoms with Crippen molar-refractivity contribution in [3.63, 3.8) is 0 Å². The number of thioether (sulfide) groups is 1. The molecule has 0 atom stereocenters. The second-order valence-corrected chi connectivity index (χ2v) is 11.5. The van der Waals surface area contributed by atoms with Gasteiger partial charge in [0.05, 0.1) is 23.9 Å². The Morgan fingerprint density at radius 3 is 2.75 bits per heavy atom. The molecule has 202 valence electrons. The van der Waals surface area contributed by atoms with E-state index < -0.39 is 0 Å². The highest BCUT2D eigenvalue weighted by molar-refractivity contribution is 9.10. The van der Waals surface area contributed by atoms with Crippen LogP contribution in [-0.2, 0) is 16.1 Å². The molecule has 1 aliphatic rings. The van der Waals surface area contributed by atoms with Gasteiger partial charge in [-0.2, -0.15) is 5.10 Å². The minimum atomic E-state index is -0.292. The van der Waals surface area contributed by atoms with E-state index in [1.54, 1.807) is 48.1 Å². The van der Waals surface area contributed by atoms with Gasteiger partial charge in [-0.3, -0.25) is 14.5 Å². The summed E-state index contributed by atoms with van der Waals surface area (Å²) in [6, 6.07) is 20.3. The molecule has 11 heteroatoms. The number of carbonyl (C=O) groups is 2. The first-order valence-electron chi connectivity index (χ1n) is 12.1. The number of rotatable bonds is 9. The monoisotopic (exact) mass is 634 g/mol. The van der Waals surface area contributed by atoms with Gasteiger partial charge in [0, 0.05) is 20.6 Å². The fourth-order valence-electron chi connectivity index (χ4n) is 3.66. The van der Waals surface area contributed by atoms with Crippen molar-refractivity contribution >= 4 is 74.0 Å². The maximum Gasteiger partial charge on any atom is 0.267 e. The van der Waals surface area contributed by atoms with Crippen molar-refractivity contribution in [2.45, 2.75) is 13.5 Å². The zero-order valence-electron chi connectivity index (χ0n) is 21.2. The lowest BCUT2D eigenvalue weighted by atomic mass is 10.2. The molecule has 3 heterocycles. The molecule has 0 aliphatic carbocycles. The number of nitrogens with zero attached hydrogens (tertiary/aromatic N) is 3. The van der Waals surface area contributed by atoms with Crippen LogP contribution in [0.3, 0.4) is 0 Å². The molecule has 1 saturated heterocycles. The van der Waals surface area contributed by atoms with Crippen molar-refractivity contribution in [2.75, 3.05) is 11.9 Å². The van der Waals surface area contributed by atoms with Crippen molar-refractivity contribution < 1.29 is 18.7 Å². The Morgan fingerprint density at radius 2 is 2.00 bits per heavy atom. The van der Waals surface area contributed by atoms with Crippen LogP contribution in [-0.4, -0.2) is 34.7 Å². The van der Waals surface area contributed by atoms with Crippen molar-refractivity contribution in [1.29, 1.82) is 0 Å². The van der Waals surface area contributed by atoms with Gasteiger partial charge >= 0.3 is 0 Å². The molecule has 5 rings (SSSR count). The van der Waals surface area contributed by atoms with E-state index in [0.717, 1.165) is 14.9 Å². The first kappa shape index (κ1) is 27.6. The van der Waals surface area contributed by atoms with E-state index in [9.17, 15) is 9.59 Å². The number of amidine groups is 1. The fourth-order valence-corrected chi connectivity index (χ4v) is 5.55. The number of amides is 2. The number of halogens is 1. The summed E-state index contributed by atoms with van der Waals surface area (Å²) in [5.74, 6) is 0.548. The molecule has 0 unspecified atom stereocenters. The van der Waals surface area contributed by atoms with Crippen molar-refractivity contribution in [1.82, 2.24) is 4.90 Å². The van der Waals surface area contributed by atoms with E-state index in [1.807, 2.05) is 60.8 Å². The highest BCUT2D eigenvalue weighted by Crippen LogP contribution is 2.36. The lowest BCUT2D eigenvalue weighted by Crippen LogP contribution is -2.28. The summed E-state index contributed by atoms with van der Waals surface area (Å²) in [5.41, 5.74) is 2.43. The standard InChI is InChI=1S/C29H23BrN4O4S2/c1-19-6-9-22(10-7-19)32-27(35)18-38-25-11-8-21(30)14-20(25)15-26-28(36)34(17-23-4-2-12-37-23)29(40-26)33-31-16-24-5-3-13-39-24/h2-16H,17-18H2,1H3,(H,32,35)/b26-15-,31-16+,33-29-. The summed E-state index contributed by atoms with van der Waals surface area (Å²) >= 11 is 6.24. The van der Waals surface area contributed by atoms with E-state index >= 15 is 0 Å². The van der Waals surface area contributed by atoms with Crippen LogP contribution in [0.15, 0.2) is 102 Å². The summed E-state index contributed by atoms with van der Waals surface area (Å²) in [6.45, 7) is 2.00. The number of hydrogen-bond donors (Lipinski definition) is 1. The Balaban J connectivity index is 1.35. The molecule has 0 bridgehead atoms. The van der Waals surface area contributed by atoms with Crippen LogP contribution in [0.1, 0.15) is 21.8 Å². The molecule has 2 aromatic carbocycles. The van der Waals surface area contributed by atoms with Crippen LogP contribution in [0.4, 0.5) is 5.69 Å². The average Bonchev–Trinajstić information content (AvgIpc) is 3.70. The Bertz CT molecular complexity index is 1580. The first-order chi connectivity index (χ1) is 19.4. The lowest BCUT2D eigenvalue weighted by molar-refractivity contribution is -0.122. The van der Waals surface area contributed by atoms with Crippen LogP contribution < -0.4 is 10.1 Å². The molecule has 1 N–H and O–H groups in total. The molecule has 0 radical (unpaired) electrons. The van der Waals surface area contributed by atoms with E-state index in [-0.39, 0.29) is 25.0 Å². The molecule has 2 aromatic heterocycles. The number of furan rings is 1. The van der Waals surface area contributed by atoms with Gasteiger partial charge in [-0.25, -0.2) is 0 Å². The van der Waals surface area contributed by atoms with Crippen molar-refractivity contribution in [2.24, 2.45) is 10.2 Å². The zero-order valence-corrected chi connectivity index (χ0v) is 24.5. The van der Waals surface area contributed by atoms with Gasteiger partial charge in [0.25, 0.3) is 11.8 Å². The summed E-state index contributed by atoms with van der Waals surface area (Å²) in [5, 5.41) is 13.7. The number of ether oxygens (including phenoxy) is 1. The maximum atomic E-state index is 13.5. The number of nitrogens with one attached hydrogen (secondary N) is 1. The molecular weight excluding hydrogens is 612 g/mol. The third-order valence-corrected chi connectivity index (χ3v) is 7.90. The molecule has 40 heavy (non-hydrogen) atoms. The summed E-state index contributed by atoms with van der Waals surface area (Å²) in [6.07, 6.45) is 4.94. The quantitative estimate of drug-likeness (QED) is 0.122. The van der Waals surface area contributed by atoms with Crippen molar-refractivity contribution in [3.05, 3.63) is 110 Å². The molecule has 4 aromatic rings. The highest BCUT2D eigenvalue weighted by atomic mass is 79.9. The largest absolute Gasteiger partial charge is 0.483 e. The molecule has 8 nitrogen and oxygen atoms in total. The third kappa shape index (κ3) is 7.17. The second kappa shape index (κ2) is 12.9. The normalized spacial score (nSPS) is 15.4. The summed E-state index contributed by atoms with van der Waals surface area (Å²) in [7, 11) is 0. The third-order valence-electron chi connectivity index (χ3n) is 5.61. The van der Waals surface area contributed by atoms with Gasteiger partial charge in [0.1, 0.15) is 11.5 Å². The number of anilines is 1. The molecule has 2 amide bonds. The second-order valence-electron chi connectivity index (χ2n) is 8.61. The number of carbonyl (C=O) groups excluding carboxylic acids is 2. The predicted molar refractivity (Wildman–Crippen MR) is 164 cm³/mol. The van der Waals surface area contributed by atoms with Gasteiger partial charge in [0.2, 0.25) is 0 Å². The van der Waals surface area contributed by atoms with E-state index in [1.165, 1.54) is 16.7 Å². The number of aryl methyl sites for hydroxylation is 1. The number of hydrogen-bond acceptors (Lipinski definition) is 8. The molecule has 0 saturated carbocycles. The van der Waals surface area contributed by atoms with Crippen LogP contribution in [0.25, 0.3) is 6.08 Å². The van der Waals surface area contributed by atoms with Gasteiger partial charge in [0.15, 0.2) is 11.8 Å². The van der Waals surface area contributed by atoms with Crippen LogP contribution in [0, 0.1) is 6.92 Å². The van der Waals surface area contributed by atoms with Gasteiger partial charge in [-0.15, -0.1) is 16.4 Å². The Kier molecular flexibility index (Phi) is 8.94. The lowest BCUT2D eigenvalue weighted by Gasteiger charge is -2.13. The minimum Gasteiger partial charge on any atom is -0.483 e. The Morgan fingerprint density at radius 1 is 1.15 bits per heavy atom. The Hall–Kier alpha value is -3.93. The summed E-state index contributed by atoms with van der Waals surface area (Å²) in [4.78, 5) is 28.9. The van der Waals surface area contributed by atoms with Gasteiger partial charge < -0.3 is 14.5 Å². The van der Waals surface area contributed by atoms with Crippen LogP contribution >= 0.6 is 39.0 Å². The highest BCUT2D eigenvalue weighted by Gasteiger charge is 2.34. The Labute approximate surface area is 247 Å². The first-order valence-corrected chi connectivity index (χ1v) is 14.6. The van der Waals surface area contributed by atoms with E-state index in [0.29, 0.717) is 32.8 Å². The minimum absolute atomic E-state index is 0.193. The van der Waals surface area contributed by atoms with Crippen LogP contribution in [0.5, 0.6) is 5.75 Å². The molecular formula is C29H23BrN4O4S2.